The first-order valence-electron chi connectivity index (χ1n) is 9.63. The Balaban J connectivity index is 1.57. The molecule has 0 fully saturated rings. The molecule has 0 aliphatic carbocycles. The molecule has 0 amide bonds. The van der Waals surface area contributed by atoms with E-state index < -0.39 is 0 Å². The topological polar surface area (TPSA) is 39.8 Å². The van der Waals surface area contributed by atoms with Gasteiger partial charge in [-0.25, -0.2) is 9.07 Å². The normalized spacial score (nSPS) is 11.2. The fourth-order valence-corrected chi connectivity index (χ4v) is 3.84. The molecule has 2 aromatic heterocycles. The highest BCUT2D eigenvalue weighted by Gasteiger charge is 2.17. The minimum atomic E-state index is -0.293. The monoisotopic (exact) mass is 395 g/mol. The molecular weight excluding hydrogens is 377 g/mol. The molecule has 0 saturated heterocycles. The number of ketones is 1. The van der Waals surface area contributed by atoms with Crippen molar-refractivity contribution in [3.63, 3.8) is 0 Å². The van der Waals surface area contributed by atoms with Gasteiger partial charge in [-0.3, -0.25) is 4.79 Å². The summed E-state index contributed by atoms with van der Waals surface area (Å²) in [5, 5.41) is 6.18. The Morgan fingerprint density at radius 2 is 1.83 bits per heavy atom. The van der Waals surface area contributed by atoms with Crippen LogP contribution in [0.1, 0.15) is 15.9 Å². The molecule has 4 nitrogen and oxygen atoms in total. The Bertz CT molecular complexity index is 1410. The summed E-state index contributed by atoms with van der Waals surface area (Å²) in [5.41, 5.74) is 3.89. The fourth-order valence-electron chi connectivity index (χ4n) is 3.84. The van der Waals surface area contributed by atoms with Crippen LogP contribution in [0, 0.1) is 5.82 Å². The smallest absolute Gasteiger partial charge is 0.195 e. The van der Waals surface area contributed by atoms with Crippen molar-refractivity contribution in [3.8, 4) is 5.69 Å². The molecule has 30 heavy (non-hydrogen) atoms. The lowest BCUT2D eigenvalue weighted by molar-refractivity contribution is 0.104. The van der Waals surface area contributed by atoms with E-state index in [0.717, 1.165) is 27.5 Å². The second-order valence-electron chi connectivity index (χ2n) is 7.14. The molecule has 0 spiro atoms. The lowest BCUT2D eigenvalue weighted by Crippen LogP contribution is -2.01. The summed E-state index contributed by atoms with van der Waals surface area (Å²) in [7, 11) is 0. The second-order valence-corrected chi connectivity index (χ2v) is 7.14. The summed E-state index contributed by atoms with van der Waals surface area (Å²) >= 11 is 0. The first kappa shape index (κ1) is 18.1. The van der Waals surface area contributed by atoms with Crippen LogP contribution in [0.15, 0.2) is 91.8 Å². The quantitative estimate of drug-likeness (QED) is 0.290. The van der Waals surface area contributed by atoms with E-state index in [9.17, 15) is 9.18 Å². The average molecular weight is 395 g/mol. The van der Waals surface area contributed by atoms with Gasteiger partial charge in [0.15, 0.2) is 5.78 Å². The molecule has 0 N–H and O–H groups in total. The van der Waals surface area contributed by atoms with E-state index in [2.05, 4.69) is 11.7 Å². The van der Waals surface area contributed by atoms with Crippen molar-refractivity contribution < 1.29 is 9.18 Å². The third-order valence-corrected chi connectivity index (χ3v) is 5.26. The van der Waals surface area contributed by atoms with Crippen molar-refractivity contribution in [2.24, 2.45) is 0 Å². The number of para-hydroxylation sites is 1. The maximum atomic E-state index is 13.3. The van der Waals surface area contributed by atoms with Crippen LogP contribution in [-0.4, -0.2) is 20.1 Å². The Labute approximate surface area is 172 Å². The number of hydrogen-bond donors (Lipinski definition) is 0. The lowest BCUT2D eigenvalue weighted by Gasteiger charge is -2.04. The summed E-state index contributed by atoms with van der Waals surface area (Å²) in [4.78, 5) is 13.3. The number of aromatic nitrogens is 3. The van der Waals surface area contributed by atoms with Crippen LogP contribution >= 0.6 is 0 Å². The van der Waals surface area contributed by atoms with Gasteiger partial charge in [-0.1, -0.05) is 24.3 Å². The zero-order chi connectivity index (χ0) is 20.7. The summed E-state index contributed by atoms with van der Waals surface area (Å²) in [6, 6.07) is 19.6. The van der Waals surface area contributed by atoms with Crippen LogP contribution in [-0.2, 0) is 6.54 Å². The molecule has 2 heterocycles. The van der Waals surface area contributed by atoms with Crippen molar-refractivity contribution in [1.82, 2.24) is 14.3 Å². The minimum absolute atomic E-state index is 0.0366. The largest absolute Gasteiger partial charge is 0.343 e. The molecule has 5 rings (SSSR count). The number of benzene rings is 3. The van der Waals surface area contributed by atoms with E-state index in [1.165, 1.54) is 12.1 Å². The number of carbonyl (C=O) groups is 1. The van der Waals surface area contributed by atoms with Gasteiger partial charge in [-0.2, -0.15) is 5.10 Å². The van der Waals surface area contributed by atoms with Gasteiger partial charge in [0.1, 0.15) is 5.82 Å². The second kappa shape index (κ2) is 7.12. The van der Waals surface area contributed by atoms with Gasteiger partial charge in [-0.05, 0) is 48.5 Å². The number of fused-ring (bicyclic) bond motifs is 2. The number of allylic oxidation sites excluding steroid dienone is 1. The molecule has 0 saturated carbocycles. The standard InChI is InChI=1S/C25H18FN3O/c1-2-13-28-16-22(21-5-3-4-6-24(21)28)25(30)17-7-12-23-18(14-17)15-27-29(23)20-10-8-19(26)9-11-20/h2-12,14-16H,1,13H2. The molecule has 0 aliphatic heterocycles. The number of halogens is 1. The SMILES string of the molecule is C=CCn1cc(C(=O)c2ccc3c(cnn3-c3ccc(F)cc3)c2)c2ccccc21. The van der Waals surface area contributed by atoms with Crippen molar-refractivity contribution >= 4 is 27.6 Å². The van der Waals surface area contributed by atoms with Gasteiger partial charge >= 0.3 is 0 Å². The number of carbonyl (C=O) groups excluding carboxylic acids is 1. The molecule has 0 unspecified atom stereocenters. The predicted octanol–water partition coefficient (Wildman–Crippen LogP) is 5.54. The Morgan fingerprint density at radius 1 is 1.03 bits per heavy atom. The van der Waals surface area contributed by atoms with Crippen molar-refractivity contribution in [2.45, 2.75) is 6.54 Å². The molecule has 0 bridgehead atoms. The third-order valence-electron chi connectivity index (χ3n) is 5.26. The number of rotatable bonds is 5. The maximum Gasteiger partial charge on any atom is 0.195 e. The Hall–Kier alpha value is -3.99. The van der Waals surface area contributed by atoms with Crippen LogP contribution in [0.25, 0.3) is 27.5 Å². The van der Waals surface area contributed by atoms with Gasteiger partial charge in [-0.15, -0.1) is 6.58 Å². The van der Waals surface area contributed by atoms with Crippen LogP contribution in [0.4, 0.5) is 4.39 Å². The van der Waals surface area contributed by atoms with E-state index in [0.29, 0.717) is 17.7 Å². The molecule has 0 atom stereocenters. The summed E-state index contributed by atoms with van der Waals surface area (Å²) < 4.78 is 17.0. The summed E-state index contributed by atoms with van der Waals surface area (Å²) in [6.07, 6.45) is 5.42. The fraction of sp³-hybridized carbons (Fsp3) is 0.0400. The lowest BCUT2D eigenvalue weighted by atomic mass is 10.0. The first-order valence-corrected chi connectivity index (χ1v) is 9.63. The number of hydrogen-bond acceptors (Lipinski definition) is 2. The minimum Gasteiger partial charge on any atom is -0.343 e. The molecule has 0 aliphatic rings. The Morgan fingerprint density at radius 3 is 2.63 bits per heavy atom. The van der Waals surface area contributed by atoms with Crippen molar-refractivity contribution in [3.05, 3.63) is 109 Å². The van der Waals surface area contributed by atoms with E-state index in [1.807, 2.05) is 59.3 Å². The van der Waals surface area contributed by atoms with Gasteiger partial charge in [0.25, 0.3) is 0 Å². The summed E-state index contributed by atoms with van der Waals surface area (Å²) in [6.45, 7) is 4.44. The van der Waals surface area contributed by atoms with Crippen LogP contribution in [0.2, 0.25) is 0 Å². The average Bonchev–Trinajstić information content (AvgIpc) is 3.36. The maximum absolute atomic E-state index is 13.3. The van der Waals surface area contributed by atoms with Crippen LogP contribution in [0.3, 0.4) is 0 Å². The van der Waals surface area contributed by atoms with E-state index in [1.54, 1.807) is 23.0 Å². The van der Waals surface area contributed by atoms with Gasteiger partial charge in [0, 0.05) is 40.2 Å². The van der Waals surface area contributed by atoms with Gasteiger partial charge < -0.3 is 4.57 Å². The zero-order valence-electron chi connectivity index (χ0n) is 16.1. The van der Waals surface area contributed by atoms with E-state index in [4.69, 9.17) is 0 Å². The van der Waals surface area contributed by atoms with Crippen molar-refractivity contribution in [1.29, 1.82) is 0 Å². The highest BCUT2D eigenvalue weighted by atomic mass is 19.1. The molecule has 146 valence electrons. The molecule has 5 heteroatoms. The van der Waals surface area contributed by atoms with Crippen molar-refractivity contribution in [2.75, 3.05) is 0 Å². The zero-order valence-corrected chi connectivity index (χ0v) is 16.1. The summed E-state index contributed by atoms with van der Waals surface area (Å²) in [5.74, 6) is -0.329. The molecule has 3 aromatic carbocycles. The first-order chi connectivity index (χ1) is 14.7. The molecule has 5 aromatic rings. The predicted molar refractivity (Wildman–Crippen MR) is 117 cm³/mol. The Kier molecular flexibility index (Phi) is 4.29. The highest BCUT2D eigenvalue weighted by molar-refractivity contribution is 6.17. The van der Waals surface area contributed by atoms with Gasteiger partial charge in [0.05, 0.1) is 17.4 Å². The molecule has 0 radical (unpaired) electrons. The van der Waals surface area contributed by atoms with Crippen LogP contribution < -0.4 is 0 Å². The highest BCUT2D eigenvalue weighted by Crippen LogP contribution is 2.26. The van der Waals surface area contributed by atoms with E-state index >= 15 is 0 Å². The third kappa shape index (κ3) is 2.92. The van der Waals surface area contributed by atoms with Gasteiger partial charge in [0.2, 0.25) is 0 Å². The number of nitrogens with zero attached hydrogens (tertiary/aromatic N) is 3. The molecular formula is C25H18FN3O. The van der Waals surface area contributed by atoms with Crippen LogP contribution in [0.5, 0.6) is 0 Å². The van der Waals surface area contributed by atoms with E-state index in [-0.39, 0.29) is 11.6 Å².